The third-order valence-electron chi connectivity index (χ3n) is 4.16. The molecule has 0 aliphatic carbocycles. The molecule has 1 fully saturated rings. The third-order valence-corrected chi connectivity index (χ3v) is 5.63. The molecule has 1 aliphatic rings. The molecule has 0 N–H and O–H groups in total. The molecule has 29 heavy (non-hydrogen) atoms. The number of rotatable bonds is 6. The number of hydrogen-bond donors (Lipinski definition) is 0. The van der Waals surface area contributed by atoms with Gasteiger partial charge in [-0.15, -0.1) is 0 Å². The van der Waals surface area contributed by atoms with E-state index in [4.69, 9.17) is 32.4 Å². The van der Waals surface area contributed by atoms with E-state index in [1.807, 2.05) is 6.92 Å². The molecule has 2 aromatic rings. The highest BCUT2D eigenvalue weighted by molar-refractivity contribution is 8.18. The van der Waals surface area contributed by atoms with E-state index in [0.717, 1.165) is 16.7 Å². The minimum absolute atomic E-state index is 0.157. The molecule has 1 saturated heterocycles. The summed E-state index contributed by atoms with van der Waals surface area (Å²) in [5.74, 6) is -0.359. The van der Waals surface area contributed by atoms with E-state index < -0.39 is 23.7 Å². The number of benzene rings is 1. The molecule has 0 saturated carbocycles. The van der Waals surface area contributed by atoms with Gasteiger partial charge in [0.15, 0.2) is 0 Å². The summed E-state index contributed by atoms with van der Waals surface area (Å²) in [6.07, 6.45) is 1.82. The predicted molar refractivity (Wildman–Crippen MR) is 113 cm³/mol. The number of nitrogens with zero attached hydrogens (tertiary/aromatic N) is 1. The van der Waals surface area contributed by atoms with Gasteiger partial charge in [0.1, 0.15) is 18.1 Å². The van der Waals surface area contributed by atoms with Gasteiger partial charge in [-0.25, -0.2) is 0 Å². The van der Waals surface area contributed by atoms with Crippen LogP contribution < -0.4 is 0 Å². The van der Waals surface area contributed by atoms with E-state index in [9.17, 15) is 14.4 Å². The van der Waals surface area contributed by atoms with Crippen molar-refractivity contribution in [3.63, 3.8) is 0 Å². The first-order valence-corrected chi connectivity index (χ1v) is 10.4. The number of carbonyl (C=O) groups excluding carboxylic acids is 3. The molecular formula is C20H17Cl2NO5S. The SMILES string of the molecule is CC[C@H](C)OC(=O)CN1C(=O)S/C(=C/c2ccc(-c3cc(Cl)ccc3Cl)o2)C1=O. The fraction of sp³-hybridized carbons (Fsp3) is 0.250. The lowest BCUT2D eigenvalue weighted by Gasteiger charge is -2.14. The highest BCUT2D eigenvalue weighted by Gasteiger charge is 2.37. The molecule has 0 unspecified atom stereocenters. The number of ether oxygens (including phenoxy) is 1. The lowest BCUT2D eigenvalue weighted by Crippen LogP contribution is -2.35. The number of amides is 2. The summed E-state index contributed by atoms with van der Waals surface area (Å²) in [6, 6.07) is 8.34. The lowest BCUT2D eigenvalue weighted by molar-refractivity contribution is -0.150. The van der Waals surface area contributed by atoms with Crippen molar-refractivity contribution < 1.29 is 23.5 Å². The second-order valence-electron chi connectivity index (χ2n) is 6.30. The summed E-state index contributed by atoms with van der Waals surface area (Å²) in [4.78, 5) is 37.6. The van der Waals surface area contributed by atoms with Crippen LogP contribution >= 0.6 is 35.0 Å². The number of furan rings is 1. The van der Waals surface area contributed by atoms with Crippen molar-refractivity contribution in [3.05, 3.63) is 51.0 Å². The van der Waals surface area contributed by atoms with Crippen LogP contribution in [0.25, 0.3) is 17.4 Å². The van der Waals surface area contributed by atoms with Crippen molar-refractivity contribution in [2.24, 2.45) is 0 Å². The van der Waals surface area contributed by atoms with Crippen LogP contribution in [-0.4, -0.2) is 34.7 Å². The molecule has 1 aliphatic heterocycles. The topological polar surface area (TPSA) is 76.8 Å². The summed E-state index contributed by atoms with van der Waals surface area (Å²) in [5, 5.41) is 0.440. The summed E-state index contributed by atoms with van der Waals surface area (Å²) in [5.41, 5.74) is 0.611. The molecular weight excluding hydrogens is 437 g/mol. The molecule has 1 aromatic carbocycles. The molecule has 1 atom stereocenters. The van der Waals surface area contributed by atoms with Crippen molar-refractivity contribution >= 4 is 58.2 Å². The van der Waals surface area contributed by atoms with Gasteiger partial charge in [-0.2, -0.15) is 0 Å². The maximum Gasteiger partial charge on any atom is 0.326 e. The Morgan fingerprint density at radius 3 is 2.76 bits per heavy atom. The van der Waals surface area contributed by atoms with Gasteiger partial charge in [0.25, 0.3) is 11.1 Å². The van der Waals surface area contributed by atoms with Crippen molar-refractivity contribution in [2.75, 3.05) is 6.54 Å². The summed E-state index contributed by atoms with van der Waals surface area (Å²) < 4.78 is 10.9. The van der Waals surface area contributed by atoms with Gasteiger partial charge in [-0.05, 0) is 55.4 Å². The summed E-state index contributed by atoms with van der Waals surface area (Å²) in [7, 11) is 0. The van der Waals surface area contributed by atoms with Crippen LogP contribution in [0.4, 0.5) is 4.79 Å². The Morgan fingerprint density at radius 2 is 2.03 bits per heavy atom. The Bertz CT molecular complexity index is 1000. The van der Waals surface area contributed by atoms with Gasteiger partial charge in [0.05, 0.1) is 16.0 Å². The van der Waals surface area contributed by atoms with Crippen LogP contribution in [0.3, 0.4) is 0 Å². The van der Waals surface area contributed by atoms with Crippen LogP contribution in [0.5, 0.6) is 0 Å². The fourth-order valence-electron chi connectivity index (χ4n) is 2.50. The molecule has 6 nitrogen and oxygen atoms in total. The molecule has 2 amide bonds. The Balaban J connectivity index is 1.75. The van der Waals surface area contributed by atoms with Crippen LogP contribution in [0.15, 0.2) is 39.7 Å². The average molecular weight is 454 g/mol. The Kier molecular flexibility index (Phi) is 6.72. The van der Waals surface area contributed by atoms with Gasteiger partial charge >= 0.3 is 5.97 Å². The minimum atomic E-state index is -0.626. The zero-order chi connectivity index (χ0) is 21.1. The number of imide groups is 1. The fourth-order valence-corrected chi connectivity index (χ4v) is 3.70. The first kappa shape index (κ1) is 21.5. The summed E-state index contributed by atoms with van der Waals surface area (Å²) in [6.45, 7) is 3.19. The molecule has 1 aromatic heterocycles. The smallest absolute Gasteiger partial charge is 0.326 e. The van der Waals surface area contributed by atoms with Crippen molar-refractivity contribution in [1.82, 2.24) is 4.90 Å². The summed E-state index contributed by atoms with van der Waals surface area (Å²) >= 11 is 12.9. The first-order valence-electron chi connectivity index (χ1n) is 8.78. The van der Waals surface area contributed by atoms with E-state index in [0.29, 0.717) is 33.6 Å². The van der Waals surface area contributed by atoms with E-state index in [1.54, 1.807) is 37.3 Å². The molecule has 0 bridgehead atoms. The van der Waals surface area contributed by atoms with Crippen LogP contribution in [0.2, 0.25) is 10.0 Å². The Hall–Kier alpha value is -2.22. The number of halogens is 2. The zero-order valence-corrected chi connectivity index (χ0v) is 17.9. The maximum atomic E-state index is 12.5. The van der Waals surface area contributed by atoms with Gasteiger partial charge in [-0.3, -0.25) is 19.3 Å². The van der Waals surface area contributed by atoms with Crippen LogP contribution in [0.1, 0.15) is 26.0 Å². The third kappa shape index (κ3) is 5.04. The van der Waals surface area contributed by atoms with Crippen LogP contribution in [0, 0.1) is 0 Å². The number of hydrogen-bond acceptors (Lipinski definition) is 6. The average Bonchev–Trinajstić information content (AvgIpc) is 3.24. The second-order valence-corrected chi connectivity index (χ2v) is 8.14. The first-order chi connectivity index (χ1) is 13.8. The Labute approximate surface area is 181 Å². The Morgan fingerprint density at radius 1 is 1.28 bits per heavy atom. The van der Waals surface area contributed by atoms with Crippen molar-refractivity contribution in [2.45, 2.75) is 26.4 Å². The highest BCUT2D eigenvalue weighted by atomic mass is 35.5. The molecule has 0 spiro atoms. The standard InChI is InChI=1S/C20H17Cl2NO5S/c1-3-11(2)27-18(24)10-23-19(25)17(29-20(23)26)9-13-5-7-16(28-13)14-8-12(21)4-6-15(14)22/h4-9,11H,3,10H2,1-2H3/b17-9+/t11-/m0/s1. The normalized spacial score (nSPS) is 16.6. The number of thioether (sulfide) groups is 1. The van der Waals surface area contributed by atoms with Gasteiger partial charge in [0, 0.05) is 16.7 Å². The largest absolute Gasteiger partial charge is 0.461 e. The van der Waals surface area contributed by atoms with E-state index in [1.165, 1.54) is 6.08 Å². The van der Waals surface area contributed by atoms with Gasteiger partial charge < -0.3 is 9.15 Å². The molecule has 152 valence electrons. The van der Waals surface area contributed by atoms with Gasteiger partial charge in [-0.1, -0.05) is 30.1 Å². The molecule has 0 radical (unpaired) electrons. The number of carbonyl (C=O) groups is 3. The monoisotopic (exact) mass is 453 g/mol. The highest BCUT2D eigenvalue weighted by Crippen LogP contribution is 2.35. The lowest BCUT2D eigenvalue weighted by atomic mass is 10.2. The van der Waals surface area contributed by atoms with E-state index in [-0.39, 0.29) is 11.0 Å². The molecule has 9 heteroatoms. The quantitative estimate of drug-likeness (QED) is 0.416. The number of esters is 1. The van der Waals surface area contributed by atoms with Crippen LogP contribution in [-0.2, 0) is 14.3 Å². The van der Waals surface area contributed by atoms with Crippen molar-refractivity contribution in [1.29, 1.82) is 0 Å². The van der Waals surface area contributed by atoms with Crippen molar-refractivity contribution in [3.8, 4) is 11.3 Å². The minimum Gasteiger partial charge on any atom is -0.461 e. The van der Waals surface area contributed by atoms with E-state index >= 15 is 0 Å². The molecule has 2 heterocycles. The van der Waals surface area contributed by atoms with E-state index in [2.05, 4.69) is 0 Å². The second kappa shape index (κ2) is 9.07. The maximum absolute atomic E-state index is 12.5. The predicted octanol–water partition coefficient (Wildman–Crippen LogP) is 5.63. The molecule has 3 rings (SSSR count). The zero-order valence-electron chi connectivity index (χ0n) is 15.6. The van der Waals surface area contributed by atoms with Gasteiger partial charge in [0.2, 0.25) is 0 Å².